The lowest BCUT2D eigenvalue weighted by molar-refractivity contribution is 1.20. The second-order valence-corrected chi connectivity index (χ2v) is 3.48. The molecule has 0 N–H and O–H groups in total. The molecule has 1 heteroatoms. The molecule has 0 saturated carbocycles. The largest absolute Gasteiger partial charge is 0.253 e. The highest BCUT2D eigenvalue weighted by Crippen LogP contribution is 2.20. The van der Waals surface area contributed by atoms with Gasteiger partial charge in [-0.1, -0.05) is 30.3 Å². The van der Waals surface area contributed by atoms with Crippen LogP contribution in [0.25, 0.3) is 11.3 Å². The Morgan fingerprint density at radius 3 is 2.36 bits per heavy atom. The van der Waals surface area contributed by atoms with Crippen LogP contribution in [0.5, 0.6) is 0 Å². The van der Waals surface area contributed by atoms with Crippen LogP contribution in [0.4, 0.5) is 0 Å². The molecule has 0 aliphatic rings. The van der Waals surface area contributed by atoms with Crippen molar-refractivity contribution in [2.24, 2.45) is 0 Å². The molecule has 14 heavy (non-hydrogen) atoms. The van der Waals surface area contributed by atoms with Crippen LogP contribution in [-0.4, -0.2) is 4.98 Å². The van der Waals surface area contributed by atoms with E-state index in [1.165, 1.54) is 11.1 Å². The summed E-state index contributed by atoms with van der Waals surface area (Å²) in [6.07, 6.45) is 0. The molecule has 0 aliphatic heterocycles. The molecule has 70 valence electrons. The molecule has 2 rings (SSSR count). The van der Waals surface area contributed by atoms with E-state index in [2.05, 4.69) is 36.2 Å². The second-order valence-electron chi connectivity index (χ2n) is 3.48. The van der Waals surface area contributed by atoms with E-state index < -0.39 is 0 Å². The molecular weight excluding hydrogens is 170 g/mol. The van der Waals surface area contributed by atoms with Crippen LogP contribution in [0.15, 0.2) is 42.5 Å². The third-order valence-electron chi connectivity index (χ3n) is 2.31. The summed E-state index contributed by atoms with van der Waals surface area (Å²) in [6.45, 7) is 4.13. The maximum absolute atomic E-state index is 4.50. The zero-order valence-corrected chi connectivity index (χ0v) is 8.49. The van der Waals surface area contributed by atoms with Crippen molar-refractivity contribution in [1.82, 2.24) is 4.98 Å². The molecular formula is C13H13N. The number of rotatable bonds is 1. The molecule has 0 spiro atoms. The Hall–Kier alpha value is -1.63. The summed E-state index contributed by atoms with van der Waals surface area (Å²) in [5.74, 6) is 0. The van der Waals surface area contributed by atoms with Crippen LogP contribution in [0.3, 0.4) is 0 Å². The van der Waals surface area contributed by atoms with Crippen molar-refractivity contribution in [1.29, 1.82) is 0 Å². The minimum Gasteiger partial charge on any atom is -0.253 e. The number of aromatic nitrogens is 1. The first-order valence-corrected chi connectivity index (χ1v) is 4.77. The number of aryl methyl sites for hydroxylation is 2. The second kappa shape index (κ2) is 3.62. The topological polar surface area (TPSA) is 12.9 Å². The van der Waals surface area contributed by atoms with E-state index in [4.69, 9.17) is 0 Å². The van der Waals surface area contributed by atoms with Crippen LogP contribution in [-0.2, 0) is 0 Å². The molecule has 0 fully saturated rings. The van der Waals surface area contributed by atoms with Gasteiger partial charge < -0.3 is 0 Å². The van der Waals surface area contributed by atoms with E-state index in [9.17, 15) is 0 Å². The molecule has 1 nitrogen and oxygen atoms in total. The van der Waals surface area contributed by atoms with Crippen molar-refractivity contribution in [3.8, 4) is 11.3 Å². The van der Waals surface area contributed by atoms with Crippen molar-refractivity contribution in [3.63, 3.8) is 0 Å². The quantitative estimate of drug-likeness (QED) is 0.660. The maximum Gasteiger partial charge on any atom is 0.0707 e. The molecule has 2 aromatic rings. The fourth-order valence-electron chi connectivity index (χ4n) is 1.55. The number of hydrogen-bond acceptors (Lipinski definition) is 1. The summed E-state index contributed by atoms with van der Waals surface area (Å²) in [7, 11) is 0. The molecule has 0 bridgehead atoms. The van der Waals surface area contributed by atoms with Gasteiger partial charge in [0, 0.05) is 11.3 Å². The van der Waals surface area contributed by atoms with Gasteiger partial charge in [-0.15, -0.1) is 0 Å². The summed E-state index contributed by atoms with van der Waals surface area (Å²) in [5.41, 5.74) is 4.61. The summed E-state index contributed by atoms with van der Waals surface area (Å²) in [5, 5.41) is 0. The molecule has 0 aliphatic carbocycles. The zero-order valence-electron chi connectivity index (χ0n) is 8.49. The van der Waals surface area contributed by atoms with Crippen molar-refractivity contribution < 1.29 is 0 Å². The van der Waals surface area contributed by atoms with Crippen LogP contribution in [0.1, 0.15) is 11.3 Å². The van der Waals surface area contributed by atoms with Gasteiger partial charge in [0.05, 0.1) is 5.69 Å². The van der Waals surface area contributed by atoms with Crippen LogP contribution in [0, 0.1) is 13.8 Å². The van der Waals surface area contributed by atoms with Crippen molar-refractivity contribution in [3.05, 3.63) is 53.7 Å². The Morgan fingerprint density at radius 1 is 0.857 bits per heavy atom. The van der Waals surface area contributed by atoms with Gasteiger partial charge in [0.2, 0.25) is 0 Å². The Balaban J connectivity index is 2.55. The van der Waals surface area contributed by atoms with E-state index in [1.54, 1.807) is 0 Å². The number of hydrogen-bond donors (Lipinski definition) is 0. The van der Waals surface area contributed by atoms with Crippen LogP contribution < -0.4 is 0 Å². The van der Waals surface area contributed by atoms with Gasteiger partial charge in [0.15, 0.2) is 0 Å². The van der Waals surface area contributed by atoms with Crippen molar-refractivity contribution in [2.45, 2.75) is 13.8 Å². The Labute approximate surface area is 84.4 Å². The summed E-state index contributed by atoms with van der Waals surface area (Å²) >= 11 is 0. The van der Waals surface area contributed by atoms with Crippen LogP contribution in [0.2, 0.25) is 0 Å². The summed E-state index contributed by atoms with van der Waals surface area (Å²) in [4.78, 5) is 4.50. The molecule has 0 atom stereocenters. The van der Waals surface area contributed by atoms with Gasteiger partial charge in [-0.25, -0.2) is 0 Å². The first-order chi connectivity index (χ1) is 6.77. The average Bonchev–Trinajstić information content (AvgIpc) is 2.18. The third-order valence-corrected chi connectivity index (χ3v) is 2.31. The molecule has 1 aromatic heterocycles. The zero-order chi connectivity index (χ0) is 9.97. The lowest BCUT2D eigenvalue weighted by Gasteiger charge is -2.04. The lowest BCUT2D eigenvalue weighted by Crippen LogP contribution is -1.88. The standard InChI is InChI=1S/C13H13N/c1-10-6-3-4-8-12(10)13-9-5-7-11(2)14-13/h3-9H,1-2H3. The maximum atomic E-state index is 4.50. The van der Waals surface area contributed by atoms with Crippen molar-refractivity contribution in [2.75, 3.05) is 0 Å². The van der Waals surface area contributed by atoms with Gasteiger partial charge in [-0.2, -0.15) is 0 Å². The summed E-state index contributed by atoms with van der Waals surface area (Å²) in [6, 6.07) is 14.4. The fraction of sp³-hybridized carbons (Fsp3) is 0.154. The Bertz CT molecular complexity index is 446. The van der Waals surface area contributed by atoms with Gasteiger partial charge in [-0.05, 0) is 31.5 Å². The minimum atomic E-state index is 1.06. The van der Waals surface area contributed by atoms with Crippen LogP contribution >= 0.6 is 0 Å². The SMILES string of the molecule is Cc1cccc(-c2ccccc2C)n1. The van der Waals surface area contributed by atoms with Gasteiger partial charge in [-0.3, -0.25) is 4.98 Å². The van der Waals surface area contributed by atoms with E-state index in [0.29, 0.717) is 0 Å². The minimum absolute atomic E-state index is 1.06. The molecule has 1 heterocycles. The third kappa shape index (κ3) is 1.67. The van der Waals surface area contributed by atoms with Gasteiger partial charge in [0.1, 0.15) is 0 Å². The lowest BCUT2D eigenvalue weighted by atomic mass is 10.1. The predicted molar refractivity (Wildman–Crippen MR) is 59.1 cm³/mol. The Morgan fingerprint density at radius 2 is 1.64 bits per heavy atom. The number of pyridine rings is 1. The highest BCUT2D eigenvalue weighted by molar-refractivity contribution is 5.63. The van der Waals surface area contributed by atoms with Crippen molar-refractivity contribution >= 4 is 0 Å². The van der Waals surface area contributed by atoms with E-state index in [1.807, 2.05) is 25.1 Å². The predicted octanol–water partition coefficient (Wildman–Crippen LogP) is 3.37. The Kier molecular flexibility index (Phi) is 2.32. The number of nitrogens with zero attached hydrogens (tertiary/aromatic N) is 1. The average molecular weight is 183 g/mol. The van der Waals surface area contributed by atoms with E-state index in [-0.39, 0.29) is 0 Å². The number of benzene rings is 1. The normalized spacial score (nSPS) is 10.1. The highest BCUT2D eigenvalue weighted by atomic mass is 14.7. The smallest absolute Gasteiger partial charge is 0.0707 e. The molecule has 0 unspecified atom stereocenters. The molecule has 0 radical (unpaired) electrons. The summed E-state index contributed by atoms with van der Waals surface area (Å²) < 4.78 is 0. The molecule has 1 aromatic carbocycles. The molecule has 0 amide bonds. The first kappa shape index (κ1) is 8.95. The molecule has 0 saturated heterocycles. The fourth-order valence-corrected chi connectivity index (χ4v) is 1.55. The van der Waals surface area contributed by atoms with E-state index >= 15 is 0 Å². The van der Waals surface area contributed by atoms with E-state index in [0.717, 1.165) is 11.4 Å². The van der Waals surface area contributed by atoms with Gasteiger partial charge in [0.25, 0.3) is 0 Å². The first-order valence-electron chi connectivity index (χ1n) is 4.77. The monoisotopic (exact) mass is 183 g/mol. The van der Waals surface area contributed by atoms with Gasteiger partial charge >= 0.3 is 0 Å². The highest BCUT2D eigenvalue weighted by Gasteiger charge is 2.01.